The second-order valence-corrected chi connectivity index (χ2v) is 7.72. The Morgan fingerprint density at radius 3 is 2.00 bits per heavy atom. The Hall–Kier alpha value is -3.44. The standard InChI is InChI=1S/C25H25N3O2/c1-4-21(26)28-20-12-11-19(27-18-10-9-14(2)13-15(18)3)22-23(20)25(30)17-8-6-5-7-16(17)24(22)29/h5-13,21,27-28H,4,26H2,1-3H3. The predicted octanol–water partition coefficient (Wildman–Crippen LogP) is 4.93. The molecule has 5 nitrogen and oxygen atoms in total. The van der Waals surface area contributed by atoms with E-state index in [1.165, 1.54) is 0 Å². The van der Waals surface area contributed by atoms with Crippen LogP contribution in [0.15, 0.2) is 54.6 Å². The number of benzene rings is 3. The molecule has 0 amide bonds. The van der Waals surface area contributed by atoms with E-state index in [1.807, 2.05) is 45.0 Å². The van der Waals surface area contributed by atoms with Crippen molar-refractivity contribution in [1.29, 1.82) is 0 Å². The molecule has 30 heavy (non-hydrogen) atoms. The Balaban J connectivity index is 1.89. The van der Waals surface area contributed by atoms with Crippen LogP contribution in [0.2, 0.25) is 0 Å². The number of nitrogens with two attached hydrogens (primary N) is 1. The van der Waals surface area contributed by atoms with Crippen LogP contribution < -0.4 is 16.4 Å². The van der Waals surface area contributed by atoms with Crippen LogP contribution >= 0.6 is 0 Å². The molecule has 0 aliphatic heterocycles. The predicted molar refractivity (Wildman–Crippen MR) is 121 cm³/mol. The lowest BCUT2D eigenvalue weighted by molar-refractivity contribution is 0.0980. The number of nitrogens with one attached hydrogen (secondary N) is 2. The molecule has 0 radical (unpaired) electrons. The van der Waals surface area contributed by atoms with E-state index in [2.05, 4.69) is 16.7 Å². The molecule has 1 aliphatic rings. The molecule has 152 valence electrons. The fourth-order valence-electron chi connectivity index (χ4n) is 3.85. The van der Waals surface area contributed by atoms with E-state index in [1.54, 1.807) is 24.3 Å². The average Bonchev–Trinajstić information content (AvgIpc) is 2.74. The van der Waals surface area contributed by atoms with Crippen LogP contribution in [0.4, 0.5) is 17.1 Å². The quantitative estimate of drug-likeness (QED) is 0.415. The smallest absolute Gasteiger partial charge is 0.196 e. The Labute approximate surface area is 176 Å². The van der Waals surface area contributed by atoms with Gasteiger partial charge in [-0.3, -0.25) is 9.59 Å². The zero-order chi connectivity index (χ0) is 21.4. The lowest BCUT2D eigenvalue weighted by atomic mass is 9.82. The van der Waals surface area contributed by atoms with Crippen molar-refractivity contribution in [2.45, 2.75) is 33.4 Å². The van der Waals surface area contributed by atoms with Crippen LogP contribution in [0.5, 0.6) is 0 Å². The maximum atomic E-state index is 13.5. The maximum Gasteiger partial charge on any atom is 0.196 e. The number of aryl methyl sites for hydroxylation is 2. The second-order valence-electron chi connectivity index (χ2n) is 7.72. The zero-order valence-electron chi connectivity index (χ0n) is 17.4. The number of hydrogen-bond donors (Lipinski definition) is 3. The summed E-state index contributed by atoms with van der Waals surface area (Å²) in [5.41, 5.74) is 12.0. The first-order valence-corrected chi connectivity index (χ1v) is 10.1. The molecule has 3 aromatic rings. The van der Waals surface area contributed by atoms with Gasteiger partial charge in [0.25, 0.3) is 0 Å². The SMILES string of the molecule is CCC(N)Nc1ccc(Nc2ccc(C)cc2C)c2c1C(=O)c1ccccc1C2=O. The third-order valence-electron chi connectivity index (χ3n) is 5.51. The largest absolute Gasteiger partial charge is 0.369 e. The minimum atomic E-state index is -0.313. The number of ketones is 2. The van der Waals surface area contributed by atoms with E-state index >= 15 is 0 Å². The molecule has 4 N–H and O–H groups in total. The molecule has 0 fully saturated rings. The first-order chi connectivity index (χ1) is 14.4. The summed E-state index contributed by atoms with van der Waals surface area (Å²) in [6.07, 6.45) is 0.378. The van der Waals surface area contributed by atoms with Gasteiger partial charge < -0.3 is 16.4 Å². The molecule has 0 spiro atoms. The fraction of sp³-hybridized carbons (Fsp3) is 0.200. The van der Waals surface area contributed by atoms with Crippen LogP contribution in [0.1, 0.15) is 56.3 Å². The van der Waals surface area contributed by atoms with Gasteiger partial charge in [0.05, 0.1) is 23.0 Å². The van der Waals surface area contributed by atoms with Gasteiger partial charge in [0.2, 0.25) is 0 Å². The molecule has 5 heteroatoms. The first kappa shape index (κ1) is 19.9. The highest BCUT2D eigenvalue weighted by molar-refractivity contribution is 6.32. The number of anilines is 3. The normalized spacial score (nSPS) is 13.5. The van der Waals surface area contributed by atoms with Gasteiger partial charge in [0.15, 0.2) is 11.6 Å². The zero-order valence-corrected chi connectivity index (χ0v) is 17.4. The minimum absolute atomic E-state index is 0.166. The van der Waals surface area contributed by atoms with Crippen molar-refractivity contribution < 1.29 is 9.59 Å². The van der Waals surface area contributed by atoms with Gasteiger partial charge in [-0.25, -0.2) is 0 Å². The molecular formula is C25H25N3O2. The fourth-order valence-corrected chi connectivity index (χ4v) is 3.85. The summed E-state index contributed by atoms with van der Waals surface area (Å²) in [7, 11) is 0. The van der Waals surface area contributed by atoms with Crippen molar-refractivity contribution in [2.24, 2.45) is 5.73 Å². The number of carbonyl (C=O) groups excluding carboxylic acids is 2. The summed E-state index contributed by atoms with van der Waals surface area (Å²) in [5, 5.41) is 6.56. The highest BCUT2D eigenvalue weighted by Gasteiger charge is 2.34. The molecule has 0 bridgehead atoms. The molecule has 0 saturated carbocycles. The van der Waals surface area contributed by atoms with Crippen LogP contribution in [0, 0.1) is 13.8 Å². The molecule has 4 rings (SSSR count). The van der Waals surface area contributed by atoms with E-state index < -0.39 is 0 Å². The van der Waals surface area contributed by atoms with Crippen LogP contribution in [-0.2, 0) is 0 Å². The highest BCUT2D eigenvalue weighted by atomic mass is 16.1. The van der Waals surface area contributed by atoms with Crippen molar-refractivity contribution in [3.05, 3.63) is 88.0 Å². The third-order valence-corrected chi connectivity index (χ3v) is 5.51. The van der Waals surface area contributed by atoms with Gasteiger partial charge in [-0.15, -0.1) is 0 Å². The summed E-state index contributed by atoms with van der Waals surface area (Å²) < 4.78 is 0. The molecule has 0 saturated heterocycles. The number of carbonyl (C=O) groups is 2. The topological polar surface area (TPSA) is 84.2 Å². The highest BCUT2D eigenvalue weighted by Crippen LogP contribution is 2.38. The van der Waals surface area contributed by atoms with Crippen molar-refractivity contribution in [3.63, 3.8) is 0 Å². The van der Waals surface area contributed by atoms with Crippen molar-refractivity contribution >= 4 is 28.6 Å². The van der Waals surface area contributed by atoms with Gasteiger partial charge in [-0.1, -0.05) is 48.9 Å². The van der Waals surface area contributed by atoms with E-state index in [-0.39, 0.29) is 17.7 Å². The summed E-state index contributed by atoms with van der Waals surface area (Å²) in [4.78, 5) is 26.9. The number of hydrogen-bond acceptors (Lipinski definition) is 5. The van der Waals surface area contributed by atoms with Crippen molar-refractivity contribution in [2.75, 3.05) is 10.6 Å². The summed E-state index contributed by atoms with van der Waals surface area (Å²) >= 11 is 0. The molecule has 1 unspecified atom stereocenters. The Kier molecular flexibility index (Phi) is 5.14. The van der Waals surface area contributed by atoms with Gasteiger partial charge in [-0.2, -0.15) is 0 Å². The molecule has 0 aromatic heterocycles. The molecular weight excluding hydrogens is 374 g/mol. The average molecular weight is 399 g/mol. The lowest BCUT2D eigenvalue weighted by Crippen LogP contribution is -2.31. The summed E-state index contributed by atoms with van der Waals surface area (Å²) in [6, 6.07) is 16.7. The van der Waals surface area contributed by atoms with Gasteiger partial charge >= 0.3 is 0 Å². The van der Waals surface area contributed by atoms with Gasteiger partial charge in [-0.05, 0) is 44.0 Å². The summed E-state index contributed by atoms with van der Waals surface area (Å²) in [5.74, 6) is -0.337. The van der Waals surface area contributed by atoms with Gasteiger partial charge in [0.1, 0.15) is 0 Å². The Morgan fingerprint density at radius 1 is 0.833 bits per heavy atom. The number of rotatable bonds is 5. The Morgan fingerprint density at radius 2 is 1.40 bits per heavy atom. The first-order valence-electron chi connectivity index (χ1n) is 10.1. The van der Waals surface area contributed by atoms with Crippen LogP contribution in [0.25, 0.3) is 0 Å². The maximum absolute atomic E-state index is 13.5. The molecule has 1 aliphatic carbocycles. The Bertz CT molecular complexity index is 1170. The number of fused-ring (bicyclic) bond motifs is 2. The van der Waals surface area contributed by atoms with E-state index in [4.69, 9.17) is 5.73 Å². The molecule has 3 aromatic carbocycles. The van der Waals surface area contributed by atoms with E-state index in [0.717, 1.165) is 16.8 Å². The lowest BCUT2D eigenvalue weighted by Gasteiger charge is -2.25. The van der Waals surface area contributed by atoms with Gasteiger partial charge in [0, 0.05) is 22.5 Å². The summed E-state index contributed by atoms with van der Waals surface area (Å²) in [6.45, 7) is 6.01. The van der Waals surface area contributed by atoms with E-state index in [9.17, 15) is 9.59 Å². The minimum Gasteiger partial charge on any atom is -0.369 e. The van der Waals surface area contributed by atoms with E-state index in [0.29, 0.717) is 40.0 Å². The van der Waals surface area contributed by atoms with Crippen molar-refractivity contribution in [3.8, 4) is 0 Å². The second kappa shape index (κ2) is 7.76. The van der Waals surface area contributed by atoms with Crippen LogP contribution in [-0.4, -0.2) is 17.7 Å². The molecule has 1 atom stereocenters. The third kappa shape index (κ3) is 3.37. The monoisotopic (exact) mass is 399 g/mol. The van der Waals surface area contributed by atoms with Crippen LogP contribution in [0.3, 0.4) is 0 Å². The van der Waals surface area contributed by atoms with Crippen molar-refractivity contribution in [1.82, 2.24) is 0 Å². The molecule has 0 heterocycles.